The molecule has 1 amide bonds. The van der Waals surface area contributed by atoms with E-state index >= 15 is 0 Å². The van der Waals surface area contributed by atoms with Crippen molar-refractivity contribution in [2.24, 2.45) is 0 Å². The molecule has 3 aromatic rings. The maximum Gasteiger partial charge on any atom is 0.277 e. The van der Waals surface area contributed by atoms with Gasteiger partial charge in [0.05, 0.1) is 5.69 Å². The van der Waals surface area contributed by atoms with Crippen molar-refractivity contribution in [1.82, 2.24) is 19.4 Å². The maximum atomic E-state index is 13.8. The standard InChI is InChI=1S/C29H36FN5O4/c1-3-33-27-25(28(37)34(29(33)38)16-7-17-36)35(18-20-10-12-21(30)13-11-20)26(32-27)23-14-15-24(31-19(23)2)39-22-8-5-4-6-9-22/h10-15,22,29,36,38H,3-9,16-18H2,1-2H3. The third-order valence-corrected chi connectivity index (χ3v) is 7.53. The van der Waals surface area contributed by atoms with E-state index in [9.17, 15) is 19.4 Å². The number of benzene rings is 1. The van der Waals surface area contributed by atoms with Crippen molar-refractivity contribution >= 4 is 11.7 Å². The Kier molecular flexibility index (Phi) is 8.13. The molecular weight excluding hydrogens is 501 g/mol. The number of ether oxygens (including phenoxy) is 1. The molecule has 9 nitrogen and oxygen atoms in total. The molecule has 0 bridgehead atoms. The molecule has 1 aliphatic heterocycles. The summed E-state index contributed by atoms with van der Waals surface area (Å²) in [6.07, 6.45) is 4.93. The van der Waals surface area contributed by atoms with E-state index in [1.165, 1.54) is 23.5 Å². The lowest BCUT2D eigenvalue weighted by atomic mass is 9.98. The lowest BCUT2D eigenvalue weighted by Crippen LogP contribution is -2.56. The minimum Gasteiger partial charge on any atom is -0.474 e. The quantitative estimate of drug-likeness (QED) is 0.424. The fourth-order valence-corrected chi connectivity index (χ4v) is 5.47. The average molecular weight is 538 g/mol. The second-order valence-corrected chi connectivity index (χ2v) is 10.2. The van der Waals surface area contributed by atoms with Gasteiger partial charge in [0, 0.05) is 37.9 Å². The van der Waals surface area contributed by atoms with Crippen LogP contribution in [0.2, 0.25) is 0 Å². The van der Waals surface area contributed by atoms with Gasteiger partial charge in [-0.15, -0.1) is 0 Å². The third-order valence-electron chi connectivity index (χ3n) is 7.53. The van der Waals surface area contributed by atoms with Crippen molar-refractivity contribution in [2.75, 3.05) is 24.6 Å². The largest absolute Gasteiger partial charge is 0.474 e. The summed E-state index contributed by atoms with van der Waals surface area (Å²) in [5.41, 5.74) is 2.58. The Hall–Kier alpha value is -3.50. The molecule has 0 spiro atoms. The zero-order valence-electron chi connectivity index (χ0n) is 22.5. The van der Waals surface area contributed by atoms with Crippen LogP contribution < -0.4 is 9.64 Å². The Morgan fingerprint density at radius 3 is 2.46 bits per heavy atom. The fourth-order valence-electron chi connectivity index (χ4n) is 5.47. The molecule has 1 saturated carbocycles. The van der Waals surface area contributed by atoms with Gasteiger partial charge in [-0.2, -0.15) is 0 Å². The lowest BCUT2D eigenvalue weighted by molar-refractivity contribution is -0.00104. The number of hydrogen-bond donors (Lipinski definition) is 2. The number of aryl methyl sites for hydroxylation is 1. The molecular formula is C29H36FN5O4. The number of anilines is 1. The Bertz CT molecular complexity index is 1310. The summed E-state index contributed by atoms with van der Waals surface area (Å²) in [6.45, 7) is 4.55. The first-order valence-electron chi connectivity index (χ1n) is 13.8. The van der Waals surface area contributed by atoms with Crippen LogP contribution >= 0.6 is 0 Å². The molecule has 1 atom stereocenters. The zero-order chi connectivity index (χ0) is 27.5. The summed E-state index contributed by atoms with van der Waals surface area (Å²) < 4.78 is 21.6. The van der Waals surface area contributed by atoms with Crippen LogP contribution in [0.15, 0.2) is 36.4 Å². The molecule has 208 valence electrons. The number of halogens is 1. The van der Waals surface area contributed by atoms with Crippen molar-refractivity contribution in [3.8, 4) is 17.3 Å². The number of aliphatic hydroxyl groups is 2. The van der Waals surface area contributed by atoms with Crippen LogP contribution in [0.5, 0.6) is 5.88 Å². The fraction of sp³-hybridized carbons (Fsp3) is 0.483. The Morgan fingerprint density at radius 1 is 1.05 bits per heavy atom. The van der Waals surface area contributed by atoms with Crippen LogP contribution in [0.25, 0.3) is 11.4 Å². The minimum absolute atomic E-state index is 0.101. The van der Waals surface area contributed by atoms with Gasteiger partial charge in [0.1, 0.15) is 17.7 Å². The van der Waals surface area contributed by atoms with Gasteiger partial charge in [-0.3, -0.25) is 9.69 Å². The van der Waals surface area contributed by atoms with Crippen molar-refractivity contribution in [1.29, 1.82) is 0 Å². The number of amides is 1. The smallest absolute Gasteiger partial charge is 0.277 e. The van der Waals surface area contributed by atoms with E-state index in [4.69, 9.17) is 14.7 Å². The van der Waals surface area contributed by atoms with Crippen LogP contribution in [0, 0.1) is 12.7 Å². The van der Waals surface area contributed by atoms with Crippen LogP contribution in [0.4, 0.5) is 10.2 Å². The molecule has 0 saturated heterocycles. The molecule has 2 aliphatic rings. The topological polar surface area (TPSA) is 104 Å². The molecule has 5 rings (SSSR count). The van der Waals surface area contributed by atoms with Crippen LogP contribution in [-0.2, 0) is 6.54 Å². The van der Waals surface area contributed by atoms with Gasteiger partial charge in [-0.05, 0) is 69.7 Å². The first kappa shape index (κ1) is 27.1. The van der Waals surface area contributed by atoms with E-state index in [-0.39, 0.29) is 37.5 Å². The van der Waals surface area contributed by atoms with Gasteiger partial charge >= 0.3 is 0 Å². The van der Waals surface area contributed by atoms with E-state index < -0.39 is 6.35 Å². The predicted molar refractivity (Wildman–Crippen MR) is 145 cm³/mol. The van der Waals surface area contributed by atoms with E-state index in [0.717, 1.165) is 36.8 Å². The summed E-state index contributed by atoms with van der Waals surface area (Å²) in [4.78, 5) is 26.4. The van der Waals surface area contributed by atoms with E-state index in [2.05, 4.69) is 0 Å². The van der Waals surface area contributed by atoms with Crippen molar-refractivity contribution < 1.29 is 24.1 Å². The lowest BCUT2D eigenvalue weighted by Gasteiger charge is -2.40. The molecule has 10 heteroatoms. The molecule has 2 N–H and O–H groups in total. The number of hydrogen-bond acceptors (Lipinski definition) is 7. The number of imidazole rings is 1. The number of fused-ring (bicyclic) bond motifs is 1. The van der Waals surface area contributed by atoms with Gasteiger partial charge in [0.15, 0.2) is 11.5 Å². The summed E-state index contributed by atoms with van der Waals surface area (Å²) in [6, 6.07) is 9.90. The van der Waals surface area contributed by atoms with Gasteiger partial charge in [-0.1, -0.05) is 18.6 Å². The highest BCUT2D eigenvalue weighted by atomic mass is 19.1. The first-order chi connectivity index (χ1) is 18.9. The number of pyridine rings is 1. The summed E-state index contributed by atoms with van der Waals surface area (Å²) in [5, 5.41) is 20.4. The number of rotatable bonds is 9. The van der Waals surface area contributed by atoms with E-state index in [1.807, 2.05) is 30.5 Å². The maximum absolute atomic E-state index is 13.8. The second-order valence-electron chi connectivity index (χ2n) is 10.2. The molecule has 39 heavy (non-hydrogen) atoms. The number of aromatic nitrogens is 3. The highest BCUT2D eigenvalue weighted by Crippen LogP contribution is 2.36. The number of carbonyl (C=O) groups is 1. The summed E-state index contributed by atoms with van der Waals surface area (Å²) in [7, 11) is 0. The molecule has 1 aliphatic carbocycles. The number of nitrogens with zero attached hydrogens (tertiary/aromatic N) is 5. The summed E-state index contributed by atoms with van der Waals surface area (Å²) >= 11 is 0. The Balaban J connectivity index is 1.58. The van der Waals surface area contributed by atoms with Crippen molar-refractivity contribution in [2.45, 2.75) is 71.4 Å². The zero-order valence-corrected chi connectivity index (χ0v) is 22.5. The van der Waals surface area contributed by atoms with Gasteiger partial charge < -0.3 is 24.4 Å². The van der Waals surface area contributed by atoms with Crippen molar-refractivity contribution in [3.05, 3.63) is 59.2 Å². The number of carbonyl (C=O) groups excluding carboxylic acids is 1. The molecule has 2 aromatic heterocycles. The monoisotopic (exact) mass is 537 g/mol. The Labute approximate surface area is 227 Å². The highest BCUT2D eigenvalue weighted by molar-refractivity contribution is 6.00. The SMILES string of the molecule is CCN1c2nc(-c3ccc(OC4CCCCC4)nc3C)n(Cc3ccc(F)cc3)c2C(=O)N(CCCO)C1O. The average Bonchev–Trinajstić information content (AvgIpc) is 3.29. The third kappa shape index (κ3) is 5.49. The molecule has 3 heterocycles. The molecule has 1 unspecified atom stereocenters. The van der Waals surface area contributed by atoms with E-state index in [1.54, 1.807) is 17.0 Å². The van der Waals surface area contributed by atoms with Gasteiger partial charge in [0.2, 0.25) is 12.2 Å². The molecule has 1 fully saturated rings. The highest BCUT2D eigenvalue weighted by Gasteiger charge is 2.41. The van der Waals surface area contributed by atoms with Crippen molar-refractivity contribution in [3.63, 3.8) is 0 Å². The molecule has 0 radical (unpaired) electrons. The van der Waals surface area contributed by atoms with E-state index in [0.29, 0.717) is 41.9 Å². The van der Waals surface area contributed by atoms with Crippen LogP contribution in [-0.4, -0.2) is 67.7 Å². The first-order valence-corrected chi connectivity index (χ1v) is 13.8. The number of aliphatic hydroxyl groups excluding tert-OH is 2. The Morgan fingerprint density at radius 2 is 1.79 bits per heavy atom. The van der Waals surface area contributed by atoms with Gasteiger partial charge in [-0.25, -0.2) is 14.4 Å². The predicted octanol–water partition coefficient (Wildman–Crippen LogP) is 4.09. The van der Waals surface area contributed by atoms with Gasteiger partial charge in [0.25, 0.3) is 5.91 Å². The molecule has 1 aromatic carbocycles. The normalized spacial score (nSPS) is 18.0. The van der Waals surface area contributed by atoms with Crippen LogP contribution in [0.1, 0.15) is 67.2 Å². The van der Waals surface area contributed by atoms with Crippen LogP contribution in [0.3, 0.4) is 0 Å². The minimum atomic E-state index is -1.20. The summed E-state index contributed by atoms with van der Waals surface area (Å²) in [5.74, 6) is 0.767. The second kappa shape index (κ2) is 11.7.